The average Bonchev–Trinajstić information content (AvgIpc) is 2.37. The summed E-state index contributed by atoms with van der Waals surface area (Å²) in [6.07, 6.45) is 0. The number of hydrogen-bond acceptors (Lipinski definition) is 6. The lowest BCUT2D eigenvalue weighted by molar-refractivity contribution is -0.383. The van der Waals surface area contributed by atoms with E-state index in [4.69, 9.17) is 5.73 Å². The minimum absolute atomic E-state index is 0.0649. The van der Waals surface area contributed by atoms with E-state index in [-0.39, 0.29) is 16.9 Å². The zero-order chi connectivity index (χ0) is 14.6. The number of carbonyl (C=O) groups is 2. The van der Waals surface area contributed by atoms with Gasteiger partial charge in [-0.25, -0.2) is 4.79 Å². The highest BCUT2D eigenvalue weighted by Gasteiger charge is 2.22. The molecule has 1 aromatic carbocycles. The van der Waals surface area contributed by atoms with Crippen molar-refractivity contribution in [2.75, 3.05) is 12.8 Å². The summed E-state index contributed by atoms with van der Waals surface area (Å²) in [5.74, 6) is -1.31. The molecule has 3 N–H and O–H groups in total. The van der Waals surface area contributed by atoms with Gasteiger partial charge in [0.05, 0.1) is 17.6 Å². The number of nitro groups is 1. The molecule has 1 unspecified atom stereocenters. The van der Waals surface area contributed by atoms with Gasteiger partial charge in [0, 0.05) is 6.07 Å². The predicted octanol–water partition coefficient (Wildman–Crippen LogP) is 0.468. The van der Waals surface area contributed by atoms with Crippen LogP contribution in [0.15, 0.2) is 18.2 Å². The Morgan fingerprint density at radius 1 is 1.47 bits per heavy atom. The van der Waals surface area contributed by atoms with Gasteiger partial charge in [-0.05, 0) is 13.0 Å². The number of nitrogens with two attached hydrogens (primary N) is 1. The molecule has 0 heterocycles. The largest absolute Gasteiger partial charge is 0.467 e. The Morgan fingerprint density at radius 3 is 2.63 bits per heavy atom. The van der Waals surface area contributed by atoms with Crippen LogP contribution >= 0.6 is 0 Å². The third kappa shape index (κ3) is 3.18. The Morgan fingerprint density at radius 2 is 2.11 bits per heavy atom. The molecule has 0 aliphatic heterocycles. The van der Waals surface area contributed by atoms with Crippen molar-refractivity contribution in [2.45, 2.75) is 13.0 Å². The van der Waals surface area contributed by atoms with Crippen molar-refractivity contribution in [1.82, 2.24) is 5.32 Å². The van der Waals surface area contributed by atoms with Crippen molar-refractivity contribution in [2.24, 2.45) is 0 Å². The third-order valence-electron chi connectivity index (χ3n) is 2.43. The van der Waals surface area contributed by atoms with Crippen LogP contribution in [0.2, 0.25) is 0 Å². The van der Waals surface area contributed by atoms with Crippen molar-refractivity contribution in [3.63, 3.8) is 0 Å². The standard InChI is InChI=1S/C11H13N3O5/c1-6(11(16)19-2)13-10(15)7-4-3-5-8(9(7)12)14(17)18/h3-6H,12H2,1-2H3,(H,13,15). The van der Waals surface area contributed by atoms with Crippen molar-refractivity contribution in [1.29, 1.82) is 0 Å². The number of carbonyl (C=O) groups excluding carboxylic acids is 2. The lowest BCUT2D eigenvalue weighted by Crippen LogP contribution is -2.39. The molecule has 8 nitrogen and oxygen atoms in total. The molecule has 0 aromatic heterocycles. The highest BCUT2D eigenvalue weighted by atomic mass is 16.6. The number of esters is 1. The smallest absolute Gasteiger partial charge is 0.328 e. The Labute approximate surface area is 108 Å². The van der Waals surface area contributed by atoms with E-state index in [2.05, 4.69) is 10.1 Å². The van der Waals surface area contributed by atoms with Crippen molar-refractivity contribution >= 4 is 23.3 Å². The van der Waals surface area contributed by atoms with Crippen LogP contribution < -0.4 is 11.1 Å². The van der Waals surface area contributed by atoms with Gasteiger partial charge in [0.15, 0.2) is 0 Å². The first-order valence-electron chi connectivity index (χ1n) is 5.30. The summed E-state index contributed by atoms with van der Waals surface area (Å²) in [7, 11) is 1.19. The summed E-state index contributed by atoms with van der Waals surface area (Å²) in [5.41, 5.74) is 4.88. The van der Waals surface area contributed by atoms with Gasteiger partial charge >= 0.3 is 5.97 Å². The molecule has 0 saturated heterocycles. The SMILES string of the molecule is COC(=O)C(C)NC(=O)c1cccc([N+](=O)[O-])c1N. The highest BCUT2D eigenvalue weighted by molar-refractivity contribution is 6.02. The van der Waals surface area contributed by atoms with Crippen LogP contribution in [-0.2, 0) is 9.53 Å². The number of rotatable bonds is 4. The van der Waals surface area contributed by atoms with Crippen LogP contribution in [0.5, 0.6) is 0 Å². The highest BCUT2D eigenvalue weighted by Crippen LogP contribution is 2.24. The molecule has 0 bridgehead atoms. The van der Waals surface area contributed by atoms with Gasteiger partial charge in [0.25, 0.3) is 11.6 Å². The second-order valence-corrected chi connectivity index (χ2v) is 3.71. The first-order chi connectivity index (χ1) is 8.88. The number of anilines is 1. The van der Waals surface area contributed by atoms with Crippen LogP contribution in [0.4, 0.5) is 11.4 Å². The molecule has 8 heteroatoms. The molecule has 0 aliphatic carbocycles. The van der Waals surface area contributed by atoms with E-state index >= 15 is 0 Å². The van der Waals surface area contributed by atoms with E-state index in [1.165, 1.54) is 32.2 Å². The number of methoxy groups -OCH3 is 1. The molecule has 0 aliphatic rings. The maximum Gasteiger partial charge on any atom is 0.328 e. The van der Waals surface area contributed by atoms with E-state index in [0.717, 1.165) is 0 Å². The Hall–Kier alpha value is -2.64. The average molecular weight is 267 g/mol. The van der Waals surface area contributed by atoms with Gasteiger partial charge in [-0.2, -0.15) is 0 Å². The molecule has 0 radical (unpaired) electrons. The monoisotopic (exact) mass is 267 g/mol. The second-order valence-electron chi connectivity index (χ2n) is 3.71. The Kier molecular flexibility index (Phi) is 4.41. The first-order valence-corrected chi connectivity index (χ1v) is 5.30. The van der Waals surface area contributed by atoms with E-state index in [1.54, 1.807) is 0 Å². The maximum atomic E-state index is 11.8. The first kappa shape index (κ1) is 14.4. The van der Waals surface area contributed by atoms with Crippen molar-refractivity contribution in [3.05, 3.63) is 33.9 Å². The number of nitro benzene ring substituents is 1. The Bertz CT molecular complexity index is 529. The lowest BCUT2D eigenvalue weighted by Gasteiger charge is -2.12. The van der Waals surface area contributed by atoms with Crippen LogP contribution in [0, 0.1) is 10.1 Å². The number of nitrogens with zero attached hydrogens (tertiary/aromatic N) is 1. The van der Waals surface area contributed by atoms with E-state index < -0.39 is 22.8 Å². The third-order valence-corrected chi connectivity index (χ3v) is 2.43. The Balaban J connectivity index is 2.98. The van der Waals surface area contributed by atoms with Gasteiger partial charge < -0.3 is 15.8 Å². The number of benzene rings is 1. The fourth-order valence-electron chi connectivity index (χ4n) is 1.42. The predicted molar refractivity (Wildman–Crippen MR) is 66.5 cm³/mol. The topological polar surface area (TPSA) is 125 Å². The minimum Gasteiger partial charge on any atom is -0.467 e. The number of hydrogen-bond donors (Lipinski definition) is 2. The van der Waals surface area contributed by atoms with E-state index in [0.29, 0.717) is 0 Å². The van der Waals surface area contributed by atoms with Gasteiger partial charge in [0.1, 0.15) is 11.7 Å². The van der Waals surface area contributed by atoms with Crippen molar-refractivity contribution < 1.29 is 19.2 Å². The van der Waals surface area contributed by atoms with Crippen molar-refractivity contribution in [3.8, 4) is 0 Å². The minimum atomic E-state index is -0.879. The van der Waals surface area contributed by atoms with Crippen LogP contribution in [0.3, 0.4) is 0 Å². The molecule has 1 aromatic rings. The summed E-state index contributed by atoms with van der Waals surface area (Å²) in [4.78, 5) is 33.0. The second kappa shape index (κ2) is 5.80. The molecule has 0 spiro atoms. The zero-order valence-corrected chi connectivity index (χ0v) is 10.4. The van der Waals surface area contributed by atoms with Crippen LogP contribution in [0.1, 0.15) is 17.3 Å². The van der Waals surface area contributed by atoms with Gasteiger partial charge in [-0.3, -0.25) is 14.9 Å². The summed E-state index contributed by atoms with van der Waals surface area (Å²) >= 11 is 0. The van der Waals surface area contributed by atoms with Crippen LogP contribution in [-0.4, -0.2) is 30.0 Å². The number of nitrogen functional groups attached to an aromatic ring is 1. The summed E-state index contributed by atoms with van der Waals surface area (Å²) < 4.78 is 4.45. The summed E-state index contributed by atoms with van der Waals surface area (Å²) in [6.45, 7) is 1.43. The fourth-order valence-corrected chi connectivity index (χ4v) is 1.42. The quantitative estimate of drug-likeness (QED) is 0.353. The number of ether oxygens (including phenoxy) is 1. The molecular weight excluding hydrogens is 254 g/mol. The molecule has 0 saturated carbocycles. The van der Waals surface area contributed by atoms with Gasteiger partial charge in [-0.15, -0.1) is 0 Å². The zero-order valence-electron chi connectivity index (χ0n) is 10.4. The molecule has 19 heavy (non-hydrogen) atoms. The van der Waals surface area contributed by atoms with Gasteiger partial charge in [-0.1, -0.05) is 6.07 Å². The number of para-hydroxylation sites is 1. The number of nitrogens with one attached hydrogen (secondary N) is 1. The van der Waals surface area contributed by atoms with Crippen LogP contribution in [0.25, 0.3) is 0 Å². The fraction of sp³-hybridized carbons (Fsp3) is 0.273. The lowest BCUT2D eigenvalue weighted by atomic mass is 10.1. The van der Waals surface area contributed by atoms with E-state index in [9.17, 15) is 19.7 Å². The number of amides is 1. The molecule has 102 valence electrons. The maximum absolute atomic E-state index is 11.8. The summed E-state index contributed by atoms with van der Waals surface area (Å²) in [6, 6.07) is 2.99. The molecule has 1 rings (SSSR count). The molecule has 1 amide bonds. The van der Waals surface area contributed by atoms with E-state index in [1.807, 2.05) is 0 Å². The van der Waals surface area contributed by atoms with Gasteiger partial charge in [0.2, 0.25) is 0 Å². The normalized spacial score (nSPS) is 11.5. The molecular formula is C11H13N3O5. The summed E-state index contributed by atoms with van der Waals surface area (Å²) in [5, 5.41) is 13.0. The molecule has 1 atom stereocenters. The molecule has 0 fully saturated rings.